The standard InChI is InChI=1S/C8H7ClN2O2/c9-7-5(3-13)8(11)4(2-12)1-6(7)10/h1-3H,10-11H2. The van der Waals surface area contributed by atoms with Gasteiger partial charge in [-0.05, 0) is 6.07 Å². The van der Waals surface area contributed by atoms with Gasteiger partial charge in [-0.15, -0.1) is 0 Å². The second kappa shape index (κ2) is 3.45. The predicted molar refractivity (Wildman–Crippen MR) is 51.1 cm³/mol. The molecule has 0 aliphatic carbocycles. The largest absolute Gasteiger partial charge is 0.398 e. The summed E-state index contributed by atoms with van der Waals surface area (Å²) in [6, 6.07) is 1.33. The summed E-state index contributed by atoms with van der Waals surface area (Å²) in [4.78, 5) is 21.0. The Hall–Kier alpha value is -1.55. The number of hydrogen-bond acceptors (Lipinski definition) is 4. The van der Waals surface area contributed by atoms with Crippen LogP contribution in [0.2, 0.25) is 5.02 Å². The van der Waals surface area contributed by atoms with Crippen molar-refractivity contribution in [3.8, 4) is 0 Å². The summed E-state index contributed by atoms with van der Waals surface area (Å²) in [7, 11) is 0. The molecule has 0 atom stereocenters. The molecule has 0 radical (unpaired) electrons. The molecule has 1 rings (SSSR count). The van der Waals surface area contributed by atoms with Crippen LogP contribution in [0.1, 0.15) is 20.7 Å². The maximum Gasteiger partial charge on any atom is 0.153 e. The smallest absolute Gasteiger partial charge is 0.153 e. The first-order valence-electron chi connectivity index (χ1n) is 3.39. The number of nitrogens with two attached hydrogens (primary N) is 2. The van der Waals surface area contributed by atoms with E-state index in [9.17, 15) is 9.59 Å². The Kier molecular flexibility index (Phi) is 2.53. The Bertz CT molecular complexity index is 377. The maximum absolute atomic E-state index is 10.5. The molecule has 4 nitrogen and oxygen atoms in total. The molecule has 1 aromatic rings. The number of benzene rings is 1. The minimum absolute atomic E-state index is 0.0590. The van der Waals surface area contributed by atoms with Gasteiger partial charge in [0, 0.05) is 5.56 Å². The second-order valence-corrected chi connectivity index (χ2v) is 2.81. The van der Waals surface area contributed by atoms with E-state index >= 15 is 0 Å². The molecule has 0 bridgehead atoms. The van der Waals surface area contributed by atoms with Crippen molar-refractivity contribution >= 4 is 35.5 Å². The lowest BCUT2D eigenvalue weighted by Gasteiger charge is -2.06. The van der Waals surface area contributed by atoms with Crippen LogP contribution in [0.5, 0.6) is 0 Å². The maximum atomic E-state index is 10.5. The van der Waals surface area contributed by atoms with E-state index in [1.54, 1.807) is 0 Å². The van der Waals surface area contributed by atoms with Crippen molar-refractivity contribution in [2.75, 3.05) is 11.5 Å². The molecule has 0 spiro atoms. The van der Waals surface area contributed by atoms with Gasteiger partial charge >= 0.3 is 0 Å². The zero-order chi connectivity index (χ0) is 10.0. The fourth-order valence-corrected chi connectivity index (χ4v) is 1.15. The van der Waals surface area contributed by atoms with Crippen LogP contribution in [0.15, 0.2) is 6.07 Å². The van der Waals surface area contributed by atoms with Gasteiger partial charge in [0.25, 0.3) is 0 Å². The number of carbonyl (C=O) groups excluding carboxylic acids is 2. The van der Waals surface area contributed by atoms with Gasteiger partial charge in [-0.1, -0.05) is 11.6 Å². The van der Waals surface area contributed by atoms with Gasteiger partial charge in [0.05, 0.1) is 22.0 Å². The molecule has 1 aromatic carbocycles. The molecule has 0 fully saturated rings. The van der Waals surface area contributed by atoms with Crippen molar-refractivity contribution in [2.24, 2.45) is 0 Å². The average Bonchev–Trinajstić information content (AvgIpc) is 2.12. The summed E-state index contributed by atoms with van der Waals surface area (Å²) in [5.74, 6) is 0. The van der Waals surface area contributed by atoms with Crippen LogP contribution in [0, 0.1) is 0 Å². The van der Waals surface area contributed by atoms with E-state index in [2.05, 4.69) is 0 Å². The van der Waals surface area contributed by atoms with Gasteiger partial charge in [-0.3, -0.25) is 9.59 Å². The number of carbonyl (C=O) groups is 2. The van der Waals surface area contributed by atoms with E-state index in [1.807, 2.05) is 0 Å². The fourth-order valence-electron chi connectivity index (χ4n) is 0.951. The Morgan fingerprint density at radius 1 is 1.23 bits per heavy atom. The highest BCUT2D eigenvalue weighted by Gasteiger charge is 2.11. The van der Waals surface area contributed by atoms with Gasteiger partial charge in [0.1, 0.15) is 0 Å². The molecule has 0 saturated carbocycles. The molecular formula is C8H7ClN2O2. The quantitative estimate of drug-likeness (QED) is 0.551. The molecule has 0 unspecified atom stereocenters. The molecule has 0 amide bonds. The molecule has 0 aromatic heterocycles. The van der Waals surface area contributed by atoms with Crippen molar-refractivity contribution in [1.82, 2.24) is 0 Å². The number of hydrogen-bond donors (Lipinski definition) is 2. The molecule has 68 valence electrons. The predicted octanol–water partition coefficient (Wildman–Crippen LogP) is 1.13. The highest BCUT2D eigenvalue weighted by molar-refractivity contribution is 6.36. The minimum atomic E-state index is 0.0590. The van der Waals surface area contributed by atoms with Crippen molar-refractivity contribution in [2.45, 2.75) is 0 Å². The lowest BCUT2D eigenvalue weighted by Crippen LogP contribution is -2.02. The van der Waals surface area contributed by atoms with E-state index in [-0.39, 0.29) is 27.5 Å². The van der Waals surface area contributed by atoms with Gasteiger partial charge in [-0.25, -0.2) is 0 Å². The average molecular weight is 199 g/mol. The fraction of sp³-hybridized carbons (Fsp3) is 0. The molecular weight excluding hydrogens is 192 g/mol. The Balaban J connectivity index is 3.56. The SMILES string of the molecule is Nc1cc(C=O)c(N)c(C=O)c1Cl. The summed E-state index contributed by atoms with van der Waals surface area (Å²) in [5, 5.41) is 0.0816. The highest BCUT2D eigenvalue weighted by Crippen LogP contribution is 2.29. The van der Waals surface area contributed by atoms with E-state index in [1.165, 1.54) is 6.07 Å². The van der Waals surface area contributed by atoms with Crippen molar-refractivity contribution in [3.63, 3.8) is 0 Å². The van der Waals surface area contributed by atoms with Crippen molar-refractivity contribution in [3.05, 3.63) is 22.2 Å². The Labute approximate surface area is 79.5 Å². The van der Waals surface area contributed by atoms with Crippen LogP contribution in [-0.4, -0.2) is 12.6 Å². The van der Waals surface area contributed by atoms with E-state index in [0.29, 0.717) is 12.6 Å². The highest BCUT2D eigenvalue weighted by atomic mass is 35.5. The Morgan fingerprint density at radius 2 is 1.85 bits per heavy atom. The van der Waals surface area contributed by atoms with Gasteiger partial charge in [-0.2, -0.15) is 0 Å². The number of anilines is 2. The molecule has 13 heavy (non-hydrogen) atoms. The summed E-state index contributed by atoms with van der Waals surface area (Å²) >= 11 is 5.68. The number of halogens is 1. The summed E-state index contributed by atoms with van der Waals surface area (Å²) in [5.41, 5.74) is 11.4. The van der Waals surface area contributed by atoms with Crippen LogP contribution in [0.4, 0.5) is 11.4 Å². The van der Waals surface area contributed by atoms with E-state index in [0.717, 1.165) is 0 Å². The summed E-state index contributed by atoms with van der Waals surface area (Å²) in [6.45, 7) is 0. The first-order chi connectivity index (χ1) is 6.11. The number of aldehydes is 2. The van der Waals surface area contributed by atoms with Crippen LogP contribution in [0.3, 0.4) is 0 Å². The number of rotatable bonds is 2. The van der Waals surface area contributed by atoms with Crippen molar-refractivity contribution in [1.29, 1.82) is 0 Å². The summed E-state index contributed by atoms with van der Waals surface area (Å²) < 4.78 is 0. The molecule has 0 aliphatic heterocycles. The third-order valence-corrected chi connectivity index (χ3v) is 2.07. The van der Waals surface area contributed by atoms with Crippen LogP contribution < -0.4 is 11.5 Å². The van der Waals surface area contributed by atoms with Crippen molar-refractivity contribution < 1.29 is 9.59 Å². The molecule has 5 heteroatoms. The normalized spacial score (nSPS) is 9.62. The first kappa shape index (κ1) is 9.54. The third kappa shape index (κ3) is 1.48. The lowest BCUT2D eigenvalue weighted by molar-refractivity contribution is 0.112. The Morgan fingerprint density at radius 3 is 2.31 bits per heavy atom. The van der Waals surface area contributed by atoms with Crippen LogP contribution in [-0.2, 0) is 0 Å². The van der Waals surface area contributed by atoms with Crippen LogP contribution in [0.25, 0.3) is 0 Å². The van der Waals surface area contributed by atoms with Gasteiger partial charge in [0.2, 0.25) is 0 Å². The number of nitrogen functional groups attached to an aromatic ring is 2. The van der Waals surface area contributed by atoms with E-state index < -0.39 is 0 Å². The van der Waals surface area contributed by atoms with Gasteiger partial charge in [0.15, 0.2) is 12.6 Å². The third-order valence-electron chi connectivity index (χ3n) is 1.65. The van der Waals surface area contributed by atoms with E-state index in [4.69, 9.17) is 23.1 Å². The topological polar surface area (TPSA) is 86.2 Å². The molecule has 4 N–H and O–H groups in total. The first-order valence-corrected chi connectivity index (χ1v) is 3.77. The lowest BCUT2D eigenvalue weighted by atomic mass is 10.1. The molecule has 0 saturated heterocycles. The zero-order valence-corrected chi connectivity index (χ0v) is 7.34. The zero-order valence-electron chi connectivity index (χ0n) is 6.58. The molecule has 0 heterocycles. The minimum Gasteiger partial charge on any atom is -0.398 e. The van der Waals surface area contributed by atoms with Crippen LogP contribution >= 0.6 is 11.6 Å². The molecule has 0 aliphatic rings. The second-order valence-electron chi connectivity index (χ2n) is 2.43. The van der Waals surface area contributed by atoms with Gasteiger partial charge < -0.3 is 11.5 Å². The summed E-state index contributed by atoms with van der Waals surface area (Å²) in [6.07, 6.45) is 0.996. The monoisotopic (exact) mass is 198 g/mol.